The minimum absolute atomic E-state index is 0.0857. The first-order valence-electron chi connectivity index (χ1n) is 6.40. The molecule has 0 bridgehead atoms. The van der Waals surface area contributed by atoms with Gasteiger partial charge in [-0.1, -0.05) is 44.0 Å². The fourth-order valence-electron chi connectivity index (χ4n) is 2.11. The van der Waals surface area contributed by atoms with Gasteiger partial charge in [-0.25, -0.2) is 0 Å². The normalized spacial score (nSPS) is 13.9. The van der Waals surface area contributed by atoms with E-state index in [1.165, 1.54) is 6.21 Å². The fourth-order valence-corrected chi connectivity index (χ4v) is 2.30. The van der Waals surface area contributed by atoms with E-state index in [1.807, 2.05) is 24.3 Å². The summed E-state index contributed by atoms with van der Waals surface area (Å²) in [6, 6.07) is 7.78. The van der Waals surface area contributed by atoms with Gasteiger partial charge >= 0.3 is 0 Å². The van der Waals surface area contributed by atoms with Crippen LogP contribution in [0.2, 0.25) is 5.02 Å². The first-order chi connectivity index (χ1) is 8.58. The molecule has 0 amide bonds. The molecule has 18 heavy (non-hydrogen) atoms. The molecule has 0 saturated heterocycles. The lowest BCUT2D eigenvalue weighted by Gasteiger charge is -2.21. The van der Waals surface area contributed by atoms with Crippen LogP contribution in [0.3, 0.4) is 0 Å². The van der Waals surface area contributed by atoms with Crippen LogP contribution in [0.4, 0.5) is 0 Å². The second-order valence-corrected chi connectivity index (χ2v) is 5.17. The minimum atomic E-state index is 0.0857. The Balaban J connectivity index is 2.76. The molecule has 0 fully saturated rings. The standard InChI is InChI=1S/C15H21ClN2/c1-3-5-15(18)9-13(10-17)11(2)12-6-4-7-14(16)8-12/h4,6-8,10-11,13,17-18H,3,5,9H2,1-2H3. The molecule has 1 aromatic rings. The smallest absolute Gasteiger partial charge is 0.0408 e. The Bertz CT molecular complexity index is 415. The van der Waals surface area contributed by atoms with Gasteiger partial charge < -0.3 is 10.8 Å². The number of hydrogen-bond acceptors (Lipinski definition) is 2. The Labute approximate surface area is 114 Å². The Morgan fingerprint density at radius 2 is 2.17 bits per heavy atom. The van der Waals surface area contributed by atoms with Crippen molar-refractivity contribution >= 4 is 23.5 Å². The Hall–Kier alpha value is -1.15. The molecular weight excluding hydrogens is 244 g/mol. The fraction of sp³-hybridized carbons (Fsp3) is 0.467. The van der Waals surface area contributed by atoms with Gasteiger partial charge in [-0.05, 0) is 42.7 Å². The average Bonchev–Trinajstić information content (AvgIpc) is 2.35. The van der Waals surface area contributed by atoms with Gasteiger partial charge in [0.2, 0.25) is 0 Å². The minimum Gasteiger partial charge on any atom is -0.313 e. The maximum absolute atomic E-state index is 7.89. The Morgan fingerprint density at radius 1 is 1.44 bits per heavy atom. The number of hydrogen-bond donors (Lipinski definition) is 2. The average molecular weight is 265 g/mol. The van der Waals surface area contributed by atoms with E-state index in [4.69, 9.17) is 22.4 Å². The van der Waals surface area contributed by atoms with E-state index >= 15 is 0 Å². The first-order valence-corrected chi connectivity index (χ1v) is 6.78. The van der Waals surface area contributed by atoms with Crippen molar-refractivity contribution in [1.82, 2.24) is 0 Å². The summed E-state index contributed by atoms with van der Waals surface area (Å²) in [4.78, 5) is 0. The lowest BCUT2D eigenvalue weighted by molar-refractivity contribution is 0.595. The Morgan fingerprint density at radius 3 is 2.72 bits per heavy atom. The zero-order valence-corrected chi connectivity index (χ0v) is 11.8. The maximum atomic E-state index is 7.89. The summed E-state index contributed by atoms with van der Waals surface area (Å²) in [5.74, 6) is 0.306. The molecule has 2 atom stereocenters. The van der Waals surface area contributed by atoms with Crippen molar-refractivity contribution in [1.29, 1.82) is 10.8 Å². The summed E-state index contributed by atoms with van der Waals surface area (Å²) < 4.78 is 0. The van der Waals surface area contributed by atoms with Crippen LogP contribution in [0.1, 0.15) is 44.6 Å². The third-order valence-corrected chi connectivity index (χ3v) is 3.50. The van der Waals surface area contributed by atoms with E-state index in [9.17, 15) is 0 Å². The monoisotopic (exact) mass is 264 g/mol. The summed E-state index contributed by atoms with van der Waals surface area (Å²) in [6.45, 7) is 4.18. The molecule has 2 N–H and O–H groups in total. The molecule has 0 saturated carbocycles. The lowest BCUT2D eigenvalue weighted by atomic mass is 9.84. The van der Waals surface area contributed by atoms with Crippen molar-refractivity contribution in [3.63, 3.8) is 0 Å². The van der Waals surface area contributed by atoms with Gasteiger partial charge in [0.05, 0.1) is 0 Å². The van der Waals surface area contributed by atoms with E-state index in [2.05, 4.69) is 13.8 Å². The largest absolute Gasteiger partial charge is 0.313 e. The highest BCUT2D eigenvalue weighted by Crippen LogP contribution is 2.28. The van der Waals surface area contributed by atoms with Crippen LogP contribution in [0, 0.1) is 16.7 Å². The molecule has 0 aliphatic carbocycles. The van der Waals surface area contributed by atoms with Crippen molar-refractivity contribution in [2.24, 2.45) is 5.92 Å². The SMILES string of the molecule is CCCC(=N)CC(C=N)C(C)c1cccc(Cl)c1. The van der Waals surface area contributed by atoms with Gasteiger partial charge in [-0.2, -0.15) is 0 Å². The van der Waals surface area contributed by atoms with Crippen molar-refractivity contribution in [3.8, 4) is 0 Å². The van der Waals surface area contributed by atoms with Gasteiger partial charge in [0.15, 0.2) is 0 Å². The first kappa shape index (κ1) is 14.9. The van der Waals surface area contributed by atoms with Crippen LogP contribution in [-0.4, -0.2) is 11.9 Å². The number of nitrogens with one attached hydrogen (secondary N) is 2. The third-order valence-electron chi connectivity index (χ3n) is 3.26. The highest BCUT2D eigenvalue weighted by Gasteiger charge is 2.18. The molecule has 3 heteroatoms. The van der Waals surface area contributed by atoms with Crippen molar-refractivity contribution in [2.45, 2.75) is 39.0 Å². The molecule has 0 radical (unpaired) electrons. The van der Waals surface area contributed by atoms with Gasteiger partial charge in [0.25, 0.3) is 0 Å². The number of benzene rings is 1. The van der Waals surface area contributed by atoms with Crippen LogP contribution in [-0.2, 0) is 0 Å². The number of halogens is 1. The van der Waals surface area contributed by atoms with Crippen LogP contribution < -0.4 is 0 Å². The van der Waals surface area contributed by atoms with Gasteiger partial charge in [-0.15, -0.1) is 0 Å². The Kier molecular flexibility index (Phi) is 6.06. The molecule has 0 heterocycles. The summed E-state index contributed by atoms with van der Waals surface area (Å²) in [5.41, 5.74) is 1.88. The molecule has 1 aromatic carbocycles. The maximum Gasteiger partial charge on any atom is 0.0408 e. The van der Waals surface area contributed by atoms with E-state index in [0.717, 1.165) is 29.1 Å². The van der Waals surface area contributed by atoms with Crippen LogP contribution in [0.5, 0.6) is 0 Å². The van der Waals surface area contributed by atoms with Crippen LogP contribution in [0.15, 0.2) is 24.3 Å². The van der Waals surface area contributed by atoms with E-state index in [0.29, 0.717) is 6.42 Å². The van der Waals surface area contributed by atoms with E-state index in [1.54, 1.807) is 0 Å². The molecular formula is C15H21ClN2. The molecule has 0 spiro atoms. The highest BCUT2D eigenvalue weighted by atomic mass is 35.5. The molecule has 0 aliphatic heterocycles. The summed E-state index contributed by atoms with van der Waals surface area (Å²) in [6.07, 6.45) is 3.96. The van der Waals surface area contributed by atoms with Gasteiger partial charge in [-0.3, -0.25) is 0 Å². The summed E-state index contributed by atoms with van der Waals surface area (Å²) in [5, 5.41) is 16.2. The molecule has 2 unspecified atom stereocenters. The predicted octanol–water partition coefficient (Wildman–Crippen LogP) is 4.92. The quantitative estimate of drug-likeness (QED) is 0.657. The second-order valence-electron chi connectivity index (χ2n) is 4.73. The predicted molar refractivity (Wildman–Crippen MR) is 79.4 cm³/mol. The molecule has 0 aromatic heterocycles. The zero-order valence-electron chi connectivity index (χ0n) is 11.0. The van der Waals surface area contributed by atoms with E-state index in [-0.39, 0.29) is 11.8 Å². The topological polar surface area (TPSA) is 47.7 Å². The summed E-state index contributed by atoms with van der Waals surface area (Å²) in [7, 11) is 0. The van der Waals surface area contributed by atoms with Crippen molar-refractivity contribution in [2.75, 3.05) is 0 Å². The highest BCUT2D eigenvalue weighted by molar-refractivity contribution is 6.30. The van der Waals surface area contributed by atoms with E-state index < -0.39 is 0 Å². The van der Waals surface area contributed by atoms with Crippen molar-refractivity contribution in [3.05, 3.63) is 34.9 Å². The summed E-state index contributed by atoms with van der Waals surface area (Å²) >= 11 is 5.99. The lowest BCUT2D eigenvalue weighted by Crippen LogP contribution is -2.15. The molecule has 98 valence electrons. The molecule has 2 nitrogen and oxygen atoms in total. The number of rotatable bonds is 7. The third kappa shape index (κ3) is 4.26. The van der Waals surface area contributed by atoms with Crippen molar-refractivity contribution < 1.29 is 0 Å². The molecule has 0 aliphatic rings. The van der Waals surface area contributed by atoms with Crippen LogP contribution in [0.25, 0.3) is 0 Å². The zero-order chi connectivity index (χ0) is 13.5. The van der Waals surface area contributed by atoms with Gasteiger partial charge in [0.1, 0.15) is 0 Å². The molecule has 1 rings (SSSR count). The van der Waals surface area contributed by atoms with Gasteiger partial charge in [0, 0.05) is 16.7 Å². The van der Waals surface area contributed by atoms with Crippen LogP contribution >= 0.6 is 11.6 Å². The second kappa shape index (κ2) is 7.32.